The average molecular weight is 322 g/mol. The number of furan rings is 1. The van der Waals surface area contributed by atoms with Crippen molar-refractivity contribution in [2.45, 2.75) is 39.7 Å². The number of ketones is 1. The monoisotopic (exact) mass is 322 g/mol. The third-order valence-electron chi connectivity index (χ3n) is 4.93. The minimum atomic E-state index is -0.267. The van der Waals surface area contributed by atoms with Gasteiger partial charge < -0.3 is 9.73 Å². The number of hydrogen-bond donors (Lipinski definition) is 1. The van der Waals surface area contributed by atoms with Crippen molar-refractivity contribution in [3.05, 3.63) is 47.9 Å². The Morgan fingerprint density at radius 2 is 2.08 bits per heavy atom. The number of hydrogen-bond acceptors (Lipinski definition) is 4. The van der Waals surface area contributed by atoms with E-state index in [0.29, 0.717) is 6.42 Å². The molecule has 1 saturated carbocycles. The van der Waals surface area contributed by atoms with Crippen LogP contribution >= 0.6 is 0 Å². The van der Waals surface area contributed by atoms with Crippen molar-refractivity contribution in [3.63, 3.8) is 0 Å². The summed E-state index contributed by atoms with van der Waals surface area (Å²) in [5.74, 6) is 0.760. The van der Waals surface area contributed by atoms with Crippen LogP contribution in [0.15, 0.2) is 46.0 Å². The third-order valence-corrected chi connectivity index (χ3v) is 4.93. The van der Waals surface area contributed by atoms with E-state index in [-0.39, 0.29) is 23.2 Å². The van der Waals surface area contributed by atoms with Crippen LogP contribution < -0.4 is 5.32 Å². The number of anilines is 1. The molecule has 0 saturated heterocycles. The highest BCUT2D eigenvalue weighted by atomic mass is 16.3. The molecule has 24 heavy (non-hydrogen) atoms. The normalized spacial score (nSPS) is 25.1. The number of aliphatic imine (C=N–C) groups is 1. The molecule has 0 amide bonds. The van der Waals surface area contributed by atoms with Gasteiger partial charge in [-0.05, 0) is 48.6 Å². The van der Waals surface area contributed by atoms with Gasteiger partial charge in [-0.1, -0.05) is 19.9 Å². The molecule has 1 aliphatic heterocycles. The minimum Gasteiger partial charge on any atom is -0.467 e. The van der Waals surface area contributed by atoms with Crippen LogP contribution in [-0.2, 0) is 4.79 Å². The molecule has 0 radical (unpaired) electrons. The third kappa shape index (κ3) is 2.56. The molecule has 1 fully saturated rings. The fraction of sp³-hybridized carbons (Fsp3) is 0.400. The molecule has 4 rings (SSSR count). The summed E-state index contributed by atoms with van der Waals surface area (Å²) in [6.45, 7) is 6.34. The summed E-state index contributed by atoms with van der Waals surface area (Å²) in [6, 6.07) is 9.77. The maximum Gasteiger partial charge on any atom is 0.144 e. The molecule has 2 aliphatic rings. The highest BCUT2D eigenvalue weighted by molar-refractivity contribution is 6.10. The molecular formula is C20H22N2O2. The molecule has 0 bridgehead atoms. The maximum absolute atomic E-state index is 13.0. The first-order valence-electron chi connectivity index (χ1n) is 8.44. The predicted molar refractivity (Wildman–Crippen MR) is 94.9 cm³/mol. The van der Waals surface area contributed by atoms with Gasteiger partial charge in [-0.15, -0.1) is 0 Å². The van der Waals surface area contributed by atoms with Gasteiger partial charge in [-0.2, -0.15) is 0 Å². The van der Waals surface area contributed by atoms with Crippen LogP contribution in [-0.4, -0.2) is 11.5 Å². The molecule has 4 nitrogen and oxygen atoms in total. The van der Waals surface area contributed by atoms with Crippen molar-refractivity contribution in [2.24, 2.45) is 16.3 Å². The number of nitrogens with zero attached hydrogens (tertiary/aromatic N) is 1. The number of carbonyl (C=O) groups excluding carboxylic acids is 1. The number of aryl methyl sites for hydroxylation is 1. The Labute approximate surface area is 142 Å². The molecule has 2 heterocycles. The molecular weight excluding hydrogens is 300 g/mol. The van der Waals surface area contributed by atoms with E-state index in [4.69, 9.17) is 9.41 Å². The number of fused-ring (bicyclic) bond motifs is 2. The standard InChI is InChI=1S/C20H22N2O2/c1-12-6-7-13-14(9-12)22-19(17-5-4-8-24-17)18-15(21-13)10-20(2,3)11-16(18)23/h4-9,18-19,22H,10-11H2,1-3H3/t18-,19-/m1/s1. The first-order chi connectivity index (χ1) is 11.4. The number of Topliss-reactive ketones (excluding diaryl/α,β-unsaturated/α-hetero) is 1. The smallest absolute Gasteiger partial charge is 0.144 e. The first kappa shape index (κ1) is 15.2. The Morgan fingerprint density at radius 3 is 2.83 bits per heavy atom. The van der Waals surface area contributed by atoms with Crippen LogP contribution in [0.4, 0.5) is 11.4 Å². The Balaban J connectivity index is 1.88. The lowest BCUT2D eigenvalue weighted by molar-refractivity contribution is -0.124. The van der Waals surface area contributed by atoms with Gasteiger partial charge in [0.1, 0.15) is 11.5 Å². The molecule has 0 unspecified atom stereocenters. The van der Waals surface area contributed by atoms with E-state index in [9.17, 15) is 4.79 Å². The van der Waals surface area contributed by atoms with E-state index in [2.05, 4.69) is 38.2 Å². The zero-order valence-corrected chi connectivity index (χ0v) is 14.3. The van der Waals surface area contributed by atoms with Crippen molar-refractivity contribution in [3.8, 4) is 0 Å². The Kier molecular flexibility index (Phi) is 3.37. The van der Waals surface area contributed by atoms with Gasteiger partial charge in [0.25, 0.3) is 0 Å². The minimum absolute atomic E-state index is 0.0463. The lowest BCUT2D eigenvalue weighted by Crippen LogP contribution is -2.42. The van der Waals surface area contributed by atoms with E-state index in [0.717, 1.165) is 34.8 Å². The summed E-state index contributed by atoms with van der Waals surface area (Å²) < 4.78 is 5.65. The second-order valence-electron chi connectivity index (χ2n) is 7.72. The summed E-state index contributed by atoms with van der Waals surface area (Å²) in [5.41, 5.74) is 3.95. The summed E-state index contributed by atoms with van der Waals surface area (Å²) in [5, 5.41) is 3.53. The van der Waals surface area contributed by atoms with Crippen molar-refractivity contribution >= 4 is 22.9 Å². The lowest BCUT2D eigenvalue weighted by Gasteiger charge is -2.36. The van der Waals surface area contributed by atoms with Crippen LogP contribution in [0.5, 0.6) is 0 Å². The molecule has 1 N–H and O–H groups in total. The molecule has 0 spiro atoms. The zero-order valence-electron chi connectivity index (χ0n) is 14.3. The Bertz CT molecular complexity index is 818. The van der Waals surface area contributed by atoms with Crippen molar-refractivity contribution in [2.75, 3.05) is 5.32 Å². The summed E-state index contributed by atoms with van der Waals surface area (Å²) >= 11 is 0. The van der Waals surface area contributed by atoms with Gasteiger partial charge in [0.2, 0.25) is 0 Å². The maximum atomic E-state index is 13.0. The zero-order chi connectivity index (χ0) is 16.9. The van der Waals surface area contributed by atoms with Gasteiger partial charge in [0.05, 0.1) is 29.6 Å². The number of benzene rings is 1. The average Bonchev–Trinajstić information content (AvgIpc) is 2.96. The largest absolute Gasteiger partial charge is 0.467 e. The molecule has 4 heteroatoms. The fourth-order valence-electron chi connectivity index (χ4n) is 3.89. The Hall–Kier alpha value is -2.36. The van der Waals surface area contributed by atoms with Gasteiger partial charge in [-0.25, -0.2) is 0 Å². The molecule has 1 aromatic heterocycles. The van der Waals surface area contributed by atoms with E-state index in [1.165, 1.54) is 0 Å². The second kappa shape index (κ2) is 5.33. The quantitative estimate of drug-likeness (QED) is 0.818. The van der Waals surface area contributed by atoms with Gasteiger partial charge >= 0.3 is 0 Å². The van der Waals surface area contributed by atoms with Gasteiger partial charge in [-0.3, -0.25) is 9.79 Å². The highest BCUT2D eigenvalue weighted by Crippen LogP contribution is 2.45. The van der Waals surface area contributed by atoms with E-state index >= 15 is 0 Å². The predicted octanol–water partition coefficient (Wildman–Crippen LogP) is 4.83. The fourth-order valence-corrected chi connectivity index (χ4v) is 3.89. The number of carbonyl (C=O) groups is 1. The topological polar surface area (TPSA) is 54.6 Å². The summed E-state index contributed by atoms with van der Waals surface area (Å²) in [4.78, 5) is 17.9. The van der Waals surface area contributed by atoms with Crippen molar-refractivity contribution in [1.82, 2.24) is 0 Å². The second-order valence-corrected chi connectivity index (χ2v) is 7.72. The van der Waals surface area contributed by atoms with Gasteiger partial charge in [0.15, 0.2) is 0 Å². The molecule has 2 aromatic rings. The molecule has 1 aliphatic carbocycles. The van der Waals surface area contributed by atoms with E-state index < -0.39 is 0 Å². The summed E-state index contributed by atoms with van der Waals surface area (Å²) in [7, 11) is 0. The summed E-state index contributed by atoms with van der Waals surface area (Å²) in [6.07, 6.45) is 3.06. The van der Waals surface area contributed by atoms with Crippen LogP contribution in [0.2, 0.25) is 0 Å². The van der Waals surface area contributed by atoms with Crippen LogP contribution in [0.1, 0.15) is 44.1 Å². The van der Waals surface area contributed by atoms with E-state index in [1.54, 1.807) is 6.26 Å². The van der Waals surface area contributed by atoms with E-state index in [1.807, 2.05) is 18.2 Å². The van der Waals surface area contributed by atoms with Crippen LogP contribution in [0.25, 0.3) is 0 Å². The molecule has 124 valence electrons. The highest BCUT2D eigenvalue weighted by Gasteiger charge is 2.44. The van der Waals surface area contributed by atoms with Gasteiger partial charge in [0, 0.05) is 12.1 Å². The number of nitrogens with one attached hydrogen (secondary N) is 1. The molecule has 2 atom stereocenters. The van der Waals surface area contributed by atoms with Crippen LogP contribution in [0, 0.1) is 18.3 Å². The van der Waals surface area contributed by atoms with Crippen LogP contribution in [0.3, 0.4) is 0 Å². The first-order valence-corrected chi connectivity index (χ1v) is 8.44. The number of rotatable bonds is 1. The van der Waals surface area contributed by atoms with Crippen molar-refractivity contribution in [1.29, 1.82) is 0 Å². The SMILES string of the molecule is Cc1ccc2c(c1)N[C@H](c1ccco1)[C@H]1C(=O)CC(C)(C)CC1=N2. The van der Waals surface area contributed by atoms with Crippen molar-refractivity contribution < 1.29 is 9.21 Å². The Morgan fingerprint density at radius 1 is 1.25 bits per heavy atom. The molecule has 1 aromatic carbocycles. The lowest BCUT2D eigenvalue weighted by atomic mass is 9.68.